The number of carboxylic acids is 1. The Labute approximate surface area is 289 Å². The summed E-state index contributed by atoms with van der Waals surface area (Å²) < 4.78 is 35.3. The first-order chi connectivity index (χ1) is 21.1. The van der Waals surface area contributed by atoms with Gasteiger partial charge in [0, 0.05) is 29.9 Å². The summed E-state index contributed by atoms with van der Waals surface area (Å²) in [6.45, 7) is 15.2. The van der Waals surface area contributed by atoms with E-state index in [1.54, 1.807) is 6.07 Å². The van der Waals surface area contributed by atoms with Crippen LogP contribution < -0.4 is 14.8 Å². The smallest absolute Gasteiger partial charge is 0.335 e. The fraction of sp³-hybridized carbons (Fsp3) is 0.353. The lowest BCUT2D eigenvalue weighted by Crippen LogP contribution is -2.37. The van der Waals surface area contributed by atoms with Crippen LogP contribution in [0, 0.1) is 33.1 Å². The SMILES string of the molecule is Cc1cc(C)nc(CN[C@@H](COc2cc(-c3c(C)cccc3C)nc(NS(=O)(=O)c3cccc(C(=O)O)c3)n2)CC(C)(C)C)c1.Cl.Cl. The number of sulfonamides is 1. The molecule has 4 rings (SSSR count). The zero-order valence-electron chi connectivity index (χ0n) is 27.6. The van der Waals surface area contributed by atoms with E-state index in [-0.39, 0.29) is 65.2 Å². The van der Waals surface area contributed by atoms with Crippen molar-refractivity contribution in [1.29, 1.82) is 0 Å². The Morgan fingerprint density at radius 3 is 2.19 bits per heavy atom. The molecule has 254 valence electrons. The number of hydrogen-bond acceptors (Lipinski definition) is 8. The molecule has 0 radical (unpaired) electrons. The molecule has 0 aliphatic heterocycles. The third kappa shape index (κ3) is 11.2. The third-order valence-corrected chi connectivity index (χ3v) is 8.40. The normalized spacial score (nSPS) is 12.0. The first kappa shape index (κ1) is 39.4. The minimum atomic E-state index is -4.22. The molecule has 0 aliphatic rings. The number of carbonyl (C=O) groups is 1. The topological polar surface area (TPSA) is 143 Å². The molecule has 0 saturated heterocycles. The summed E-state index contributed by atoms with van der Waals surface area (Å²) in [5.74, 6) is -1.22. The van der Waals surface area contributed by atoms with Crippen LogP contribution in [0.25, 0.3) is 11.3 Å². The monoisotopic (exact) mass is 703 g/mol. The van der Waals surface area contributed by atoms with E-state index in [2.05, 4.69) is 51.8 Å². The van der Waals surface area contributed by atoms with Gasteiger partial charge in [0.15, 0.2) is 0 Å². The number of pyridine rings is 1. The van der Waals surface area contributed by atoms with E-state index < -0.39 is 16.0 Å². The molecule has 13 heteroatoms. The number of halogens is 2. The fourth-order valence-corrected chi connectivity index (χ4v) is 6.24. The summed E-state index contributed by atoms with van der Waals surface area (Å²) in [7, 11) is -4.22. The molecule has 4 aromatic rings. The molecule has 0 fully saturated rings. The van der Waals surface area contributed by atoms with E-state index in [0.29, 0.717) is 12.2 Å². The largest absolute Gasteiger partial charge is 0.478 e. The van der Waals surface area contributed by atoms with Gasteiger partial charge in [0.1, 0.15) is 6.61 Å². The van der Waals surface area contributed by atoms with E-state index in [1.165, 1.54) is 18.2 Å². The zero-order valence-corrected chi connectivity index (χ0v) is 30.1. The van der Waals surface area contributed by atoms with Crippen LogP contribution in [0.3, 0.4) is 0 Å². The molecular formula is C34H43Cl2N5O5S. The predicted octanol–water partition coefficient (Wildman–Crippen LogP) is 7.09. The number of benzene rings is 2. The van der Waals surface area contributed by atoms with Gasteiger partial charge in [-0.1, -0.05) is 45.0 Å². The summed E-state index contributed by atoms with van der Waals surface area (Å²) in [6, 6.07) is 16.7. The fourth-order valence-electron chi connectivity index (χ4n) is 5.25. The second kappa shape index (κ2) is 16.4. The van der Waals surface area contributed by atoms with Gasteiger partial charge in [-0.25, -0.2) is 22.9 Å². The number of anilines is 1. The Morgan fingerprint density at radius 1 is 0.915 bits per heavy atom. The Kier molecular flexibility index (Phi) is 13.7. The van der Waals surface area contributed by atoms with E-state index in [9.17, 15) is 18.3 Å². The molecule has 2 heterocycles. The lowest BCUT2D eigenvalue weighted by molar-refractivity contribution is 0.0696. The minimum Gasteiger partial charge on any atom is -0.478 e. The van der Waals surface area contributed by atoms with Crippen molar-refractivity contribution in [2.24, 2.45) is 5.41 Å². The quantitative estimate of drug-likeness (QED) is 0.141. The van der Waals surface area contributed by atoms with Crippen molar-refractivity contribution >= 4 is 46.8 Å². The lowest BCUT2D eigenvalue weighted by atomic mass is 9.88. The molecule has 0 bridgehead atoms. The second-order valence-corrected chi connectivity index (χ2v) is 14.2. The van der Waals surface area contributed by atoms with Gasteiger partial charge >= 0.3 is 5.97 Å². The van der Waals surface area contributed by atoms with Crippen LogP contribution in [0.15, 0.2) is 65.6 Å². The third-order valence-electron chi connectivity index (χ3n) is 7.07. The maximum absolute atomic E-state index is 13.3. The van der Waals surface area contributed by atoms with Crippen molar-refractivity contribution in [2.75, 3.05) is 11.3 Å². The standard InChI is InChI=1S/C34H41N5O5S.2ClH/c1-21-14-24(4)36-26(15-21)19-35-27(18-34(5,6)7)20-44-30-17-29(31-22(2)10-8-11-23(31)3)37-33(38-30)39-45(42,43)28-13-9-12-25(16-28)32(40)41;;/h8-17,27,35H,18-20H2,1-7H3,(H,40,41)(H,37,38,39);2*1H/t27-;;/m1../s1. The number of hydrogen-bond donors (Lipinski definition) is 3. The van der Waals surface area contributed by atoms with E-state index in [4.69, 9.17) is 4.74 Å². The molecule has 2 aromatic heterocycles. The Balaban J connectivity index is 0.00000384. The van der Waals surface area contributed by atoms with Gasteiger partial charge in [-0.3, -0.25) is 4.98 Å². The Bertz CT molecular complexity index is 1770. The highest BCUT2D eigenvalue weighted by atomic mass is 35.5. The molecule has 10 nitrogen and oxygen atoms in total. The van der Waals surface area contributed by atoms with Crippen LogP contribution in [0.1, 0.15) is 65.6 Å². The van der Waals surface area contributed by atoms with Crippen LogP contribution in [-0.2, 0) is 16.6 Å². The molecular weight excluding hydrogens is 661 g/mol. The molecule has 1 atom stereocenters. The van der Waals surface area contributed by atoms with E-state index >= 15 is 0 Å². The van der Waals surface area contributed by atoms with E-state index in [0.717, 1.165) is 46.1 Å². The van der Waals surface area contributed by atoms with Gasteiger partial charge in [0.25, 0.3) is 10.0 Å². The number of aryl methyl sites for hydroxylation is 4. The van der Waals surface area contributed by atoms with Crippen LogP contribution in [0.4, 0.5) is 5.95 Å². The molecule has 0 amide bonds. The van der Waals surface area contributed by atoms with E-state index in [1.807, 2.05) is 52.0 Å². The predicted molar refractivity (Wildman–Crippen MR) is 190 cm³/mol. The molecule has 47 heavy (non-hydrogen) atoms. The summed E-state index contributed by atoms with van der Waals surface area (Å²) in [5, 5.41) is 12.9. The van der Waals surface area contributed by atoms with Crippen molar-refractivity contribution in [2.45, 2.75) is 72.4 Å². The summed E-state index contributed by atoms with van der Waals surface area (Å²) in [6.07, 6.45) is 0.798. The highest BCUT2D eigenvalue weighted by Crippen LogP contribution is 2.30. The van der Waals surface area contributed by atoms with Gasteiger partial charge in [-0.05, 0) is 86.6 Å². The number of nitrogens with zero attached hydrogens (tertiary/aromatic N) is 3. The van der Waals surface area contributed by atoms with Crippen molar-refractivity contribution in [1.82, 2.24) is 20.3 Å². The number of aromatic carboxylic acids is 1. The highest BCUT2D eigenvalue weighted by molar-refractivity contribution is 7.92. The highest BCUT2D eigenvalue weighted by Gasteiger charge is 2.22. The first-order valence-electron chi connectivity index (χ1n) is 14.7. The van der Waals surface area contributed by atoms with Crippen LogP contribution in [0.2, 0.25) is 0 Å². The van der Waals surface area contributed by atoms with Gasteiger partial charge in [0.2, 0.25) is 11.8 Å². The number of nitrogens with one attached hydrogen (secondary N) is 2. The second-order valence-electron chi connectivity index (χ2n) is 12.6. The number of rotatable bonds is 12. The molecule has 3 N–H and O–H groups in total. The zero-order chi connectivity index (χ0) is 32.9. The summed E-state index contributed by atoms with van der Waals surface area (Å²) in [4.78, 5) is 24.8. The average molecular weight is 705 g/mol. The van der Waals surface area contributed by atoms with Crippen molar-refractivity contribution in [3.63, 3.8) is 0 Å². The number of carboxylic acid groups (broad SMARTS) is 1. The maximum Gasteiger partial charge on any atom is 0.335 e. The van der Waals surface area contributed by atoms with Crippen molar-refractivity contribution < 1.29 is 23.1 Å². The van der Waals surface area contributed by atoms with Crippen molar-refractivity contribution in [3.8, 4) is 17.1 Å². The van der Waals surface area contributed by atoms with Crippen LogP contribution in [-0.4, -0.2) is 47.1 Å². The summed E-state index contributed by atoms with van der Waals surface area (Å²) in [5.41, 5.74) is 6.13. The Hall–Kier alpha value is -3.77. The van der Waals surface area contributed by atoms with Crippen LogP contribution >= 0.6 is 24.8 Å². The lowest BCUT2D eigenvalue weighted by Gasteiger charge is -2.27. The first-order valence-corrected chi connectivity index (χ1v) is 16.2. The average Bonchev–Trinajstić information content (AvgIpc) is 2.93. The van der Waals surface area contributed by atoms with Gasteiger partial charge in [-0.15, -0.1) is 24.8 Å². The van der Waals surface area contributed by atoms with Gasteiger partial charge < -0.3 is 15.2 Å². The van der Waals surface area contributed by atoms with Crippen LogP contribution in [0.5, 0.6) is 5.88 Å². The van der Waals surface area contributed by atoms with Crippen molar-refractivity contribution in [3.05, 3.63) is 94.3 Å². The molecule has 0 aliphatic carbocycles. The molecule has 0 unspecified atom stereocenters. The summed E-state index contributed by atoms with van der Waals surface area (Å²) >= 11 is 0. The molecule has 0 spiro atoms. The number of ether oxygens (including phenoxy) is 1. The van der Waals surface area contributed by atoms with Gasteiger partial charge in [0.05, 0.1) is 21.8 Å². The van der Waals surface area contributed by atoms with Gasteiger partial charge in [-0.2, -0.15) is 4.98 Å². The molecule has 0 saturated carbocycles. The maximum atomic E-state index is 13.3. The molecule has 2 aromatic carbocycles. The minimum absolute atomic E-state index is 0. The number of aromatic nitrogens is 3. The Morgan fingerprint density at radius 2 is 1.57 bits per heavy atom.